The summed E-state index contributed by atoms with van der Waals surface area (Å²) in [5, 5.41) is 4.97. The number of thiazole rings is 1. The largest absolute Gasteiger partial charge is 0.322 e. The van der Waals surface area contributed by atoms with Gasteiger partial charge in [0.1, 0.15) is 4.34 Å². The quantitative estimate of drug-likeness (QED) is 0.632. The Morgan fingerprint density at radius 1 is 1.08 bits per heavy atom. The molecule has 1 heterocycles. The molecule has 0 bridgehead atoms. The highest BCUT2D eigenvalue weighted by molar-refractivity contribution is 8.00. The van der Waals surface area contributed by atoms with Crippen LogP contribution in [0.1, 0.15) is 27.2 Å². The zero-order valence-corrected chi connectivity index (χ0v) is 15.2. The van der Waals surface area contributed by atoms with Crippen LogP contribution in [-0.4, -0.2) is 10.9 Å². The zero-order chi connectivity index (χ0) is 16.9. The lowest BCUT2D eigenvalue weighted by Gasteiger charge is -2.06. The number of nitrogens with one attached hydrogen (secondary N) is 1. The highest BCUT2D eigenvalue weighted by atomic mass is 32.2. The third kappa shape index (κ3) is 4.46. The second-order valence-electron chi connectivity index (χ2n) is 5.56. The number of hydrogen-bond donors (Lipinski definition) is 1. The van der Waals surface area contributed by atoms with Crippen LogP contribution in [0.2, 0.25) is 0 Å². The van der Waals surface area contributed by atoms with Crippen LogP contribution in [0.3, 0.4) is 0 Å². The zero-order valence-electron chi connectivity index (χ0n) is 13.6. The van der Waals surface area contributed by atoms with Crippen LogP contribution in [-0.2, 0) is 5.75 Å². The number of carbonyl (C=O) groups excluding carboxylic acids is 1. The first-order valence-electron chi connectivity index (χ1n) is 7.62. The Morgan fingerprint density at radius 3 is 2.42 bits per heavy atom. The number of anilines is 1. The van der Waals surface area contributed by atoms with Crippen molar-refractivity contribution in [3.05, 3.63) is 76.3 Å². The molecule has 1 N–H and O–H groups in total. The molecule has 5 heteroatoms. The number of thioether (sulfide) groups is 1. The molecule has 0 aliphatic carbocycles. The maximum Gasteiger partial charge on any atom is 0.255 e. The van der Waals surface area contributed by atoms with Crippen LogP contribution in [0.4, 0.5) is 5.69 Å². The number of rotatable bonds is 5. The third-order valence-corrected chi connectivity index (χ3v) is 5.70. The van der Waals surface area contributed by atoms with Crippen molar-refractivity contribution in [3.8, 4) is 0 Å². The normalized spacial score (nSPS) is 10.6. The molecule has 0 fully saturated rings. The summed E-state index contributed by atoms with van der Waals surface area (Å²) in [6, 6.07) is 15.5. The summed E-state index contributed by atoms with van der Waals surface area (Å²) < 4.78 is 1.08. The van der Waals surface area contributed by atoms with E-state index in [1.165, 1.54) is 11.1 Å². The van der Waals surface area contributed by atoms with E-state index in [9.17, 15) is 4.79 Å². The Morgan fingerprint density at radius 2 is 1.79 bits per heavy atom. The Bertz CT molecular complexity index is 823. The molecule has 2 aromatic carbocycles. The SMILES string of the molecule is Cc1ccc(NC(=O)c2ccc(CSc3nc(C)cs3)cc2)cc1. The molecule has 3 rings (SSSR count). The minimum absolute atomic E-state index is 0.0893. The van der Waals surface area contributed by atoms with Gasteiger partial charge in [-0.2, -0.15) is 0 Å². The van der Waals surface area contributed by atoms with Gasteiger partial charge in [0.15, 0.2) is 0 Å². The van der Waals surface area contributed by atoms with Crippen LogP contribution in [0, 0.1) is 13.8 Å². The first kappa shape index (κ1) is 16.7. The summed E-state index contributed by atoms with van der Waals surface area (Å²) in [5.74, 6) is 0.765. The van der Waals surface area contributed by atoms with E-state index in [4.69, 9.17) is 0 Å². The van der Waals surface area contributed by atoms with E-state index >= 15 is 0 Å². The second-order valence-corrected chi connectivity index (χ2v) is 7.64. The Kier molecular flexibility index (Phi) is 5.33. The van der Waals surface area contributed by atoms with E-state index in [0.29, 0.717) is 5.56 Å². The minimum Gasteiger partial charge on any atom is -0.322 e. The van der Waals surface area contributed by atoms with Crippen molar-refractivity contribution in [1.82, 2.24) is 4.98 Å². The fourth-order valence-electron chi connectivity index (χ4n) is 2.14. The van der Waals surface area contributed by atoms with Gasteiger partial charge in [0, 0.05) is 28.1 Å². The fourth-order valence-corrected chi connectivity index (χ4v) is 3.94. The molecule has 122 valence electrons. The summed E-state index contributed by atoms with van der Waals surface area (Å²) in [7, 11) is 0. The molecule has 0 saturated heterocycles. The van der Waals surface area contributed by atoms with Gasteiger partial charge in [0.25, 0.3) is 5.91 Å². The first-order chi connectivity index (χ1) is 11.6. The predicted molar refractivity (Wildman–Crippen MR) is 102 cm³/mol. The summed E-state index contributed by atoms with van der Waals surface area (Å²) in [6.45, 7) is 4.03. The smallest absolute Gasteiger partial charge is 0.255 e. The maximum absolute atomic E-state index is 12.3. The van der Waals surface area contributed by atoms with Crippen LogP contribution in [0.5, 0.6) is 0 Å². The Balaban J connectivity index is 1.59. The predicted octanol–water partition coefficient (Wildman–Crippen LogP) is 5.30. The van der Waals surface area contributed by atoms with Gasteiger partial charge in [-0.15, -0.1) is 11.3 Å². The Labute approximate surface area is 150 Å². The van der Waals surface area contributed by atoms with Crippen molar-refractivity contribution in [2.24, 2.45) is 0 Å². The minimum atomic E-state index is -0.0893. The van der Waals surface area contributed by atoms with E-state index in [-0.39, 0.29) is 5.91 Å². The molecule has 0 spiro atoms. The van der Waals surface area contributed by atoms with Gasteiger partial charge in [0.05, 0.1) is 0 Å². The summed E-state index contributed by atoms with van der Waals surface area (Å²) in [5.41, 5.74) is 4.88. The molecule has 0 aliphatic heterocycles. The highest BCUT2D eigenvalue weighted by Crippen LogP contribution is 2.26. The fraction of sp³-hybridized carbons (Fsp3) is 0.158. The summed E-state index contributed by atoms with van der Waals surface area (Å²) >= 11 is 3.39. The maximum atomic E-state index is 12.3. The third-order valence-electron chi connectivity index (χ3n) is 3.49. The van der Waals surface area contributed by atoms with E-state index in [0.717, 1.165) is 21.5 Å². The molecule has 0 saturated carbocycles. The van der Waals surface area contributed by atoms with Gasteiger partial charge in [-0.05, 0) is 43.7 Å². The lowest BCUT2D eigenvalue weighted by atomic mass is 10.1. The molecule has 0 radical (unpaired) electrons. The average Bonchev–Trinajstić information content (AvgIpc) is 3.01. The van der Waals surface area contributed by atoms with Crippen LogP contribution in [0.25, 0.3) is 0 Å². The molecular formula is C19H18N2OS2. The van der Waals surface area contributed by atoms with Gasteiger partial charge >= 0.3 is 0 Å². The Hall–Kier alpha value is -2.11. The van der Waals surface area contributed by atoms with Crippen molar-refractivity contribution in [2.45, 2.75) is 23.9 Å². The number of nitrogens with zero attached hydrogens (tertiary/aromatic N) is 1. The monoisotopic (exact) mass is 354 g/mol. The van der Waals surface area contributed by atoms with Crippen molar-refractivity contribution >= 4 is 34.7 Å². The summed E-state index contributed by atoms with van der Waals surface area (Å²) in [4.78, 5) is 16.7. The van der Waals surface area contributed by atoms with E-state index < -0.39 is 0 Å². The van der Waals surface area contributed by atoms with Crippen LogP contribution < -0.4 is 5.32 Å². The molecular weight excluding hydrogens is 336 g/mol. The van der Waals surface area contributed by atoms with Crippen molar-refractivity contribution in [3.63, 3.8) is 0 Å². The molecule has 1 amide bonds. The number of aryl methyl sites for hydroxylation is 2. The summed E-state index contributed by atoms with van der Waals surface area (Å²) in [6.07, 6.45) is 0. The molecule has 0 aliphatic rings. The van der Waals surface area contributed by atoms with Gasteiger partial charge in [0.2, 0.25) is 0 Å². The van der Waals surface area contributed by atoms with Gasteiger partial charge in [-0.25, -0.2) is 4.98 Å². The lowest BCUT2D eigenvalue weighted by molar-refractivity contribution is 0.102. The number of aromatic nitrogens is 1. The molecule has 0 unspecified atom stereocenters. The first-order valence-corrected chi connectivity index (χ1v) is 9.48. The highest BCUT2D eigenvalue weighted by Gasteiger charge is 2.07. The average molecular weight is 354 g/mol. The molecule has 24 heavy (non-hydrogen) atoms. The molecule has 1 aromatic heterocycles. The lowest BCUT2D eigenvalue weighted by Crippen LogP contribution is -2.11. The van der Waals surface area contributed by atoms with Crippen molar-refractivity contribution in [2.75, 3.05) is 5.32 Å². The van der Waals surface area contributed by atoms with Gasteiger partial charge in [-0.1, -0.05) is 41.6 Å². The van der Waals surface area contributed by atoms with E-state index in [1.54, 1.807) is 23.1 Å². The number of amides is 1. The standard InChI is InChI=1S/C19H18N2OS2/c1-13-3-9-17(10-4-13)21-18(22)16-7-5-15(6-8-16)12-24-19-20-14(2)11-23-19/h3-11H,12H2,1-2H3,(H,21,22). The van der Waals surface area contributed by atoms with Gasteiger partial charge in [-0.3, -0.25) is 4.79 Å². The number of carbonyl (C=O) groups is 1. The molecule has 0 atom stereocenters. The second kappa shape index (κ2) is 7.64. The molecule has 3 nitrogen and oxygen atoms in total. The van der Waals surface area contributed by atoms with E-state index in [1.807, 2.05) is 62.4 Å². The number of hydrogen-bond acceptors (Lipinski definition) is 4. The van der Waals surface area contributed by atoms with Crippen molar-refractivity contribution in [1.29, 1.82) is 0 Å². The topological polar surface area (TPSA) is 42.0 Å². The number of benzene rings is 2. The van der Waals surface area contributed by atoms with Gasteiger partial charge < -0.3 is 5.32 Å². The van der Waals surface area contributed by atoms with E-state index in [2.05, 4.69) is 15.7 Å². The van der Waals surface area contributed by atoms with Crippen LogP contribution in [0.15, 0.2) is 58.3 Å². The molecule has 3 aromatic rings. The van der Waals surface area contributed by atoms with Crippen molar-refractivity contribution < 1.29 is 4.79 Å². The van der Waals surface area contributed by atoms with Crippen LogP contribution >= 0.6 is 23.1 Å².